The summed E-state index contributed by atoms with van der Waals surface area (Å²) in [4.78, 5) is 14.9. The first-order chi connectivity index (χ1) is 12.7. The summed E-state index contributed by atoms with van der Waals surface area (Å²) in [7, 11) is 0. The van der Waals surface area contributed by atoms with E-state index in [1.54, 1.807) is 11.2 Å². The van der Waals surface area contributed by atoms with E-state index < -0.39 is 0 Å². The van der Waals surface area contributed by atoms with Crippen LogP contribution in [0.3, 0.4) is 0 Å². The molecule has 3 heterocycles. The van der Waals surface area contributed by atoms with Gasteiger partial charge in [0.05, 0.1) is 18.4 Å². The number of amides is 1. The van der Waals surface area contributed by atoms with Gasteiger partial charge in [-0.05, 0) is 48.7 Å². The van der Waals surface area contributed by atoms with Crippen molar-refractivity contribution in [3.05, 3.63) is 77.6 Å². The zero-order chi connectivity index (χ0) is 17.7. The molecule has 2 aromatic heterocycles. The number of para-hydroxylation sites is 1. The van der Waals surface area contributed by atoms with Gasteiger partial charge in [0.1, 0.15) is 17.3 Å². The molecular formula is C21H20N2O3. The summed E-state index contributed by atoms with van der Waals surface area (Å²) in [5.74, 6) is 3.67. The zero-order valence-electron chi connectivity index (χ0n) is 14.5. The van der Waals surface area contributed by atoms with Gasteiger partial charge in [0.15, 0.2) is 6.17 Å². The summed E-state index contributed by atoms with van der Waals surface area (Å²) >= 11 is 0. The monoisotopic (exact) mass is 348 g/mol. The van der Waals surface area contributed by atoms with Crippen molar-refractivity contribution in [3.63, 3.8) is 0 Å². The summed E-state index contributed by atoms with van der Waals surface area (Å²) in [5.41, 5.74) is 1.49. The Balaban J connectivity index is 1.52. The molecule has 5 nitrogen and oxygen atoms in total. The second-order valence-corrected chi connectivity index (χ2v) is 7.16. The van der Waals surface area contributed by atoms with Gasteiger partial charge < -0.3 is 19.1 Å². The molecule has 0 unspecified atom stereocenters. The number of furan rings is 2. The summed E-state index contributed by atoms with van der Waals surface area (Å²) in [5, 5.41) is 3.46. The molecule has 3 atom stereocenters. The van der Waals surface area contributed by atoms with Gasteiger partial charge in [0.25, 0.3) is 5.91 Å². The van der Waals surface area contributed by atoms with Gasteiger partial charge in [-0.3, -0.25) is 4.79 Å². The van der Waals surface area contributed by atoms with Gasteiger partial charge in [-0.25, -0.2) is 0 Å². The van der Waals surface area contributed by atoms with Crippen molar-refractivity contribution >= 4 is 11.6 Å². The minimum atomic E-state index is -0.356. The maximum Gasteiger partial charge on any atom is 0.258 e. The second kappa shape index (κ2) is 5.80. The van der Waals surface area contributed by atoms with Gasteiger partial charge in [-0.2, -0.15) is 0 Å². The molecule has 0 saturated heterocycles. The summed E-state index contributed by atoms with van der Waals surface area (Å²) in [6, 6.07) is 15.3. The van der Waals surface area contributed by atoms with Crippen LogP contribution in [0.1, 0.15) is 53.1 Å². The first kappa shape index (κ1) is 15.3. The fourth-order valence-electron chi connectivity index (χ4n) is 3.68. The molecule has 5 rings (SSSR count). The lowest BCUT2D eigenvalue weighted by Gasteiger charge is -2.36. The topological polar surface area (TPSA) is 58.6 Å². The summed E-state index contributed by atoms with van der Waals surface area (Å²) < 4.78 is 11.6. The Labute approximate surface area is 151 Å². The molecule has 1 aliphatic heterocycles. The lowest BCUT2D eigenvalue weighted by Crippen LogP contribution is -2.42. The van der Waals surface area contributed by atoms with Crippen molar-refractivity contribution in [2.75, 3.05) is 5.32 Å². The average Bonchev–Trinajstić information content (AvgIpc) is 3.08. The van der Waals surface area contributed by atoms with E-state index in [0.717, 1.165) is 23.0 Å². The van der Waals surface area contributed by atoms with Crippen molar-refractivity contribution in [1.29, 1.82) is 0 Å². The number of anilines is 1. The fourth-order valence-corrected chi connectivity index (χ4v) is 3.68. The Bertz CT molecular complexity index is 944. The molecule has 132 valence electrons. The standard InChI is InChI=1S/C21H20N2O3/c1-13-11-16(13)18-8-9-19(26-18)20-22-17-7-3-2-6-15(17)21(24)23(20)12-14-5-4-10-25-14/h2-10,13,16,20,22H,11-12H2,1H3/t13-,16+,20+/m1/s1. The van der Waals surface area contributed by atoms with Crippen LogP contribution in [0.5, 0.6) is 0 Å². The molecule has 2 aliphatic rings. The van der Waals surface area contributed by atoms with Gasteiger partial charge in [-0.15, -0.1) is 0 Å². The fraction of sp³-hybridized carbons (Fsp3) is 0.286. The highest BCUT2D eigenvalue weighted by Crippen LogP contribution is 2.48. The Morgan fingerprint density at radius 3 is 2.69 bits per heavy atom. The molecule has 3 aromatic rings. The van der Waals surface area contributed by atoms with Gasteiger partial charge >= 0.3 is 0 Å². The number of benzene rings is 1. The normalized spacial score (nSPS) is 24.3. The molecule has 1 saturated carbocycles. The van der Waals surface area contributed by atoms with Gasteiger partial charge in [0, 0.05) is 11.6 Å². The maximum absolute atomic E-state index is 13.1. The van der Waals surface area contributed by atoms with Gasteiger partial charge in [-0.1, -0.05) is 19.1 Å². The maximum atomic E-state index is 13.1. The molecule has 0 spiro atoms. The van der Waals surface area contributed by atoms with Crippen LogP contribution >= 0.6 is 0 Å². The molecule has 1 N–H and O–H groups in total. The smallest absolute Gasteiger partial charge is 0.258 e. The van der Waals surface area contributed by atoms with Crippen LogP contribution in [0.2, 0.25) is 0 Å². The molecule has 1 aromatic carbocycles. The third-order valence-electron chi connectivity index (χ3n) is 5.32. The first-order valence-electron chi connectivity index (χ1n) is 8.99. The molecular weight excluding hydrogens is 328 g/mol. The SMILES string of the molecule is C[C@@H]1C[C@@H]1c1ccc([C@H]2Nc3ccccc3C(=O)N2Cc2ccco2)o1. The van der Waals surface area contributed by atoms with E-state index >= 15 is 0 Å². The number of hydrogen-bond acceptors (Lipinski definition) is 4. The molecule has 1 amide bonds. The predicted molar refractivity (Wildman–Crippen MR) is 96.6 cm³/mol. The number of carbonyl (C=O) groups is 1. The summed E-state index contributed by atoms with van der Waals surface area (Å²) in [6.07, 6.45) is 2.44. The molecule has 1 fully saturated rings. The Morgan fingerprint density at radius 1 is 1.12 bits per heavy atom. The van der Waals surface area contributed by atoms with E-state index in [9.17, 15) is 4.79 Å². The van der Waals surface area contributed by atoms with Crippen LogP contribution in [0.25, 0.3) is 0 Å². The lowest BCUT2D eigenvalue weighted by molar-refractivity contribution is 0.0628. The number of fused-ring (bicyclic) bond motifs is 1. The number of rotatable bonds is 4. The first-order valence-corrected chi connectivity index (χ1v) is 8.99. The minimum absolute atomic E-state index is 0.0292. The van der Waals surface area contributed by atoms with E-state index in [-0.39, 0.29) is 12.1 Å². The van der Waals surface area contributed by atoms with E-state index in [1.165, 1.54) is 6.42 Å². The van der Waals surface area contributed by atoms with Crippen molar-refractivity contribution in [2.45, 2.75) is 32.0 Å². The van der Waals surface area contributed by atoms with E-state index in [0.29, 0.717) is 23.9 Å². The van der Waals surface area contributed by atoms with Crippen LogP contribution < -0.4 is 5.32 Å². The van der Waals surface area contributed by atoms with Gasteiger partial charge in [0.2, 0.25) is 0 Å². The van der Waals surface area contributed by atoms with Crippen molar-refractivity contribution in [3.8, 4) is 0 Å². The van der Waals surface area contributed by atoms with Crippen molar-refractivity contribution < 1.29 is 13.6 Å². The largest absolute Gasteiger partial charge is 0.467 e. The number of carbonyl (C=O) groups excluding carboxylic acids is 1. The Hall–Kier alpha value is -2.95. The molecule has 0 bridgehead atoms. The predicted octanol–water partition coefficient (Wildman–Crippen LogP) is 4.76. The van der Waals surface area contributed by atoms with Crippen LogP contribution in [-0.2, 0) is 6.54 Å². The Kier molecular flexibility index (Phi) is 3.42. The van der Waals surface area contributed by atoms with Crippen LogP contribution in [0.4, 0.5) is 5.69 Å². The van der Waals surface area contributed by atoms with E-state index in [4.69, 9.17) is 8.83 Å². The Morgan fingerprint density at radius 2 is 1.92 bits per heavy atom. The molecule has 1 aliphatic carbocycles. The lowest BCUT2D eigenvalue weighted by atomic mass is 10.1. The van der Waals surface area contributed by atoms with Crippen LogP contribution in [-0.4, -0.2) is 10.8 Å². The minimum Gasteiger partial charge on any atom is -0.467 e. The van der Waals surface area contributed by atoms with E-state index in [1.807, 2.05) is 48.5 Å². The third-order valence-corrected chi connectivity index (χ3v) is 5.32. The number of hydrogen-bond donors (Lipinski definition) is 1. The van der Waals surface area contributed by atoms with Crippen molar-refractivity contribution in [1.82, 2.24) is 4.90 Å². The molecule has 5 heteroatoms. The highest BCUT2D eigenvalue weighted by Gasteiger charge is 2.39. The molecule has 26 heavy (non-hydrogen) atoms. The zero-order valence-corrected chi connectivity index (χ0v) is 14.5. The molecule has 0 radical (unpaired) electrons. The number of nitrogens with zero attached hydrogens (tertiary/aromatic N) is 1. The third kappa shape index (κ3) is 2.51. The second-order valence-electron chi connectivity index (χ2n) is 7.16. The highest BCUT2D eigenvalue weighted by atomic mass is 16.3. The summed E-state index contributed by atoms with van der Waals surface area (Å²) in [6.45, 7) is 2.61. The van der Waals surface area contributed by atoms with Crippen LogP contribution in [0.15, 0.2) is 63.6 Å². The van der Waals surface area contributed by atoms with Crippen molar-refractivity contribution in [2.24, 2.45) is 5.92 Å². The van der Waals surface area contributed by atoms with E-state index in [2.05, 4.69) is 12.2 Å². The highest BCUT2D eigenvalue weighted by molar-refractivity contribution is 6.01. The van der Waals surface area contributed by atoms with Crippen LogP contribution in [0, 0.1) is 5.92 Å². The quantitative estimate of drug-likeness (QED) is 0.738. The number of nitrogens with one attached hydrogen (secondary N) is 1. The average molecular weight is 348 g/mol.